The number of carbonyl (C=O) groups is 1. The smallest absolute Gasteiger partial charge is 0.414 e. The molecule has 0 atom stereocenters. The summed E-state index contributed by atoms with van der Waals surface area (Å²) in [5.74, 6) is 0. The fourth-order valence-corrected chi connectivity index (χ4v) is 1.53. The van der Waals surface area contributed by atoms with Crippen molar-refractivity contribution in [3.05, 3.63) is 12.4 Å². The zero-order valence-corrected chi connectivity index (χ0v) is 8.43. The van der Waals surface area contributed by atoms with Gasteiger partial charge in [-0.15, -0.1) is 0 Å². The number of amides is 1. The fourth-order valence-electron chi connectivity index (χ4n) is 1.53. The van der Waals surface area contributed by atoms with Gasteiger partial charge in [-0.25, -0.2) is 4.79 Å². The summed E-state index contributed by atoms with van der Waals surface area (Å²) in [7, 11) is 0. The summed E-state index contributed by atoms with van der Waals surface area (Å²) in [6.07, 6.45) is 4.02. The van der Waals surface area contributed by atoms with Crippen LogP contribution in [-0.2, 0) is 11.3 Å². The Morgan fingerprint density at radius 1 is 1.60 bits per heavy atom. The van der Waals surface area contributed by atoms with E-state index in [0.29, 0.717) is 26.2 Å². The number of hydrogen-bond donors (Lipinski definition) is 1. The molecule has 0 aromatic carbocycles. The van der Waals surface area contributed by atoms with Crippen molar-refractivity contribution in [2.45, 2.75) is 13.0 Å². The Hall–Kier alpha value is -1.56. The van der Waals surface area contributed by atoms with Crippen molar-refractivity contribution in [2.75, 3.05) is 24.6 Å². The average molecular weight is 210 g/mol. The number of cyclic esters (lactones) is 1. The molecule has 6 heteroatoms. The third-order valence-electron chi connectivity index (χ3n) is 2.26. The van der Waals surface area contributed by atoms with Gasteiger partial charge in [0.05, 0.1) is 25.0 Å². The quantitative estimate of drug-likeness (QED) is 0.772. The van der Waals surface area contributed by atoms with Gasteiger partial charge in [-0.3, -0.25) is 9.58 Å². The molecule has 1 fully saturated rings. The van der Waals surface area contributed by atoms with Crippen molar-refractivity contribution in [3.63, 3.8) is 0 Å². The van der Waals surface area contributed by atoms with E-state index >= 15 is 0 Å². The van der Waals surface area contributed by atoms with Crippen LogP contribution in [0.3, 0.4) is 0 Å². The number of nitrogens with zero attached hydrogens (tertiary/aromatic N) is 3. The van der Waals surface area contributed by atoms with Gasteiger partial charge in [-0.1, -0.05) is 0 Å². The minimum atomic E-state index is -0.298. The predicted molar refractivity (Wildman–Crippen MR) is 54.6 cm³/mol. The van der Waals surface area contributed by atoms with Crippen LogP contribution in [0.25, 0.3) is 0 Å². The van der Waals surface area contributed by atoms with E-state index in [1.165, 1.54) is 0 Å². The Balaban J connectivity index is 2.10. The van der Waals surface area contributed by atoms with E-state index < -0.39 is 0 Å². The molecule has 1 saturated heterocycles. The van der Waals surface area contributed by atoms with Gasteiger partial charge in [0.25, 0.3) is 0 Å². The summed E-state index contributed by atoms with van der Waals surface area (Å²) in [5, 5.41) is 4.10. The van der Waals surface area contributed by atoms with Crippen LogP contribution in [0.1, 0.15) is 6.42 Å². The molecule has 1 aliphatic heterocycles. The molecule has 1 aromatic heterocycles. The highest BCUT2D eigenvalue weighted by atomic mass is 16.6. The summed E-state index contributed by atoms with van der Waals surface area (Å²) in [4.78, 5) is 13.0. The molecule has 1 aromatic rings. The lowest BCUT2D eigenvalue weighted by Gasteiger charge is -2.24. The van der Waals surface area contributed by atoms with Crippen molar-refractivity contribution < 1.29 is 9.53 Å². The average Bonchev–Trinajstić information content (AvgIpc) is 2.68. The Kier molecular flexibility index (Phi) is 2.86. The Bertz CT molecular complexity index is 350. The van der Waals surface area contributed by atoms with Gasteiger partial charge < -0.3 is 10.5 Å². The van der Waals surface area contributed by atoms with Gasteiger partial charge in [0, 0.05) is 19.3 Å². The second kappa shape index (κ2) is 4.31. The van der Waals surface area contributed by atoms with Crippen molar-refractivity contribution in [1.82, 2.24) is 9.78 Å². The molecular weight excluding hydrogens is 196 g/mol. The minimum absolute atomic E-state index is 0.298. The molecule has 0 unspecified atom stereocenters. The van der Waals surface area contributed by atoms with Crippen LogP contribution in [0, 0.1) is 0 Å². The summed E-state index contributed by atoms with van der Waals surface area (Å²) >= 11 is 0. The maximum Gasteiger partial charge on any atom is 0.414 e. The molecule has 82 valence electrons. The van der Waals surface area contributed by atoms with E-state index in [1.807, 2.05) is 0 Å². The van der Waals surface area contributed by atoms with Gasteiger partial charge in [-0.05, 0) is 6.42 Å². The topological polar surface area (TPSA) is 73.4 Å². The van der Waals surface area contributed by atoms with Crippen LogP contribution in [0.4, 0.5) is 10.5 Å². The molecule has 1 amide bonds. The maximum absolute atomic E-state index is 11.4. The molecule has 0 spiro atoms. The largest absolute Gasteiger partial charge is 0.449 e. The first kappa shape index (κ1) is 9.97. The number of nitrogens with two attached hydrogens (primary N) is 1. The van der Waals surface area contributed by atoms with E-state index in [4.69, 9.17) is 10.5 Å². The number of aromatic nitrogens is 2. The molecule has 1 aliphatic rings. The highest BCUT2D eigenvalue weighted by Gasteiger charge is 2.22. The third kappa shape index (κ3) is 2.10. The lowest BCUT2D eigenvalue weighted by Crippen LogP contribution is -2.37. The molecule has 0 bridgehead atoms. The normalized spacial score (nSPS) is 16.6. The Morgan fingerprint density at radius 3 is 3.20 bits per heavy atom. The fraction of sp³-hybridized carbons (Fsp3) is 0.556. The van der Waals surface area contributed by atoms with Crippen LogP contribution in [0.2, 0.25) is 0 Å². The molecule has 2 rings (SSSR count). The van der Waals surface area contributed by atoms with Crippen LogP contribution in [0.15, 0.2) is 12.4 Å². The molecular formula is C9H14N4O2. The number of carbonyl (C=O) groups excluding carboxylic acids is 1. The highest BCUT2D eigenvalue weighted by Crippen LogP contribution is 2.17. The third-order valence-corrected chi connectivity index (χ3v) is 2.26. The second-order valence-electron chi connectivity index (χ2n) is 3.37. The van der Waals surface area contributed by atoms with Crippen LogP contribution in [-0.4, -0.2) is 35.6 Å². The monoisotopic (exact) mass is 210 g/mol. The van der Waals surface area contributed by atoms with Gasteiger partial charge in [-0.2, -0.15) is 5.10 Å². The van der Waals surface area contributed by atoms with E-state index in [9.17, 15) is 4.79 Å². The Morgan fingerprint density at radius 2 is 2.47 bits per heavy atom. The first-order chi connectivity index (χ1) is 7.31. The van der Waals surface area contributed by atoms with E-state index in [0.717, 1.165) is 12.1 Å². The van der Waals surface area contributed by atoms with Gasteiger partial charge in [0.15, 0.2) is 0 Å². The Labute approximate surface area is 87.6 Å². The summed E-state index contributed by atoms with van der Waals surface area (Å²) in [6.45, 7) is 2.38. The lowest BCUT2D eigenvalue weighted by molar-refractivity contribution is 0.140. The summed E-state index contributed by atoms with van der Waals surface area (Å²) in [6, 6.07) is 0. The standard InChI is InChI=1S/C9H14N4O2/c10-2-4-12-7-8(6-11-12)13-3-1-5-15-9(13)14/h6-7H,1-5,10H2. The highest BCUT2D eigenvalue weighted by molar-refractivity contribution is 5.87. The summed E-state index contributed by atoms with van der Waals surface area (Å²) < 4.78 is 6.66. The molecule has 0 aliphatic carbocycles. The predicted octanol–water partition coefficient (Wildman–Crippen LogP) is 0.188. The second-order valence-corrected chi connectivity index (χ2v) is 3.37. The number of rotatable bonds is 3. The van der Waals surface area contributed by atoms with Gasteiger partial charge in [0.2, 0.25) is 0 Å². The zero-order valence-electron chi connectivity index (χ0n) is 8.43. The summed E-state index contributed by atoms with van der Waals surface area (Å²) in [5.41, 5.74) is 6.18. The molecule has 6 nitrogen and oxygen atoms in total. The number of hydrogen-bond acceptors (Lipinski definition) is 4. The zero-order chi connectivity index (χ0) is 10.7. The SMILES string of the molecule is NCCn1cc(N2CCCOC2=O)cn1. The molecule has 2 N–H and O–H groups in total. The number of anilines is 1. The molecule has 15 heavy (non-hydrogen) atoms. The van der Waals surface area contributed by atoms with Crippen molar-refractivity contribution in [1.29, 1.82) is 0 Å². The van der Waals surface area contributed by atoms with E-state index in [-0.39, 0.29) is 6.09 Å². The molecule has 2 heterocycles. The lowest BCUT2D eigenvalue weighted by atomic mass is 10.3. The van der Waals surface area contributed by atoms with Gasteiger partial charge >= 0.3 is 6.09 Å². The molecule has 0 saturated carbocycles. The van der Waals surface area contributed by atoms with Crippen LogP contribution in [0.5, 0.6) is 0 Å². The van der Waals surface area contributed by atoms with Crippen molar-refractivity contribution >= 4 is 11.8 Å². The first-order valence-electron chi connectivity index (χ1n) is 4.98. The minimum Gasteiger partial charge on any atom is -0.449 e. The maximum atomic E-state index is 11.4. The van der Waals surface area contributed by atoms with Gasteiger partial charge in [0.1, 0.15) is 0 Å². The first-order valence-corrected chi connectivity index (χ1v) is 4.98. The number of ether oxygens (including phenoxy) is 1. The molecule has 0 radical (unpaired) electrons. The van der Waals surface area contributed by atoms with Crippen molar-refractivity contribution in [2.24, 2.45) is 5.73 Å². The van der Waals surface area contributed by atoms with Crippen LogP contribution >= 0.6 is 0 Å². The van der Waals surface area contributed by atoms with E-state index in [1.54, 1.807) is 22.0 Å². The van der Waals surface area contributed by atoms with Crippen molar-refractivity contribution in [3.8, 4) is 0 Å². The van der Waals surface area contributed by atoms with E-state index in [2.05, 4.69) is 5.10 Å². The van der Waals surface area contributed by atoms with Crippen LogP contribution < -0.4 is 10.6 Å².